The van der Waals surface area contributed by atoms with Crippen molar-refractivity contribution in [1.29, 1.82) is 0 Å². The Kier molecular flexibility index (Phi) is 8.98. The van der Waals surface area contributed by atoms with Crippen molar-refractivity contribution in [3.05, 3.63) is 113 Å². The van der Waals surface area contributed by atoms with Crippen LogP contribution in [0.2, 0.25) is 0 Å². The summed E-state index contributed by atoms with van der Waals surface area (Å²) in [6, 6.07) is 20.1. The zero-order valence-corrected chi connectivity index (χ0v) is 27.0. The van der Waals surface area contributed by atoms with Crippen molar-refractivity contribution in [2.24, 2.45) is 0 Å². The lowest BCUT2D eigenvalue weighted by molar-refractivity contribution is -0.605. The lowest BCUT2D eigenvalue weighted by Gasteiger charge is -2.50. The van der Waals surface area contributed by atoms with E-state index in [4.69, 9.17) is 0 Å². The molecular formula is C37H40F3N5O2. The second-order valence-electron chi connectivity index (χ2n) is 13.0. The molecular weight excluding hydrogens is 603 g/mol. The van der Waals surface area contributed by atoms with E-state index in [0.717, 1.165) is 83.1 Å². The number of alkyl halides is 3. The van der Waals surface area contributed by atoms with Gasteiger partial charge in [0.15, 0.2) is 12.4 Å². The number of pyridine rings is 2. The van der Waals surface area contributed by atoms with E-state index in [1.54, 1.807) is 12.1 Å². The van der Waals surface area contributed by atoms with E-state index in [-0.39, 0.29) is 17.5 Å². The van der Waals surface area contributed by atoms with Gasteiger partial charge in [0.25, 0.3) is 5.91 Å². The number of carbonyl (C=O) groups excluding carboxylic acids is 1. The maximum absolute atomic E-state index is 13.8. The number of piperidine rings is 2. The van der Waals surface area contributed by atoms with Crippen LogP contribution in [0.4, 0.5) is 24.5 Å². The second-order valence-corrected chi connectivity index (χ2v) is 13.0. The van der Waals surface area contributed by atoms with Crippen LogP contribution < -0.4 is 9.63 Å². The molecule has 4 heterocycles. The average molecular weight is 644 g/mol. The minimum Gasteiger partial charge on any atom is -0.619 e. The smallest absolute Gasteiger partial charge is 0.433 e. The molecule has 0 bridgehead atoms. The largest absolute Gasteiger partial charge is 0.619 e. The fourth-order valence-corrected chi connectivity index (χ4v) is 7.26. The Bertz CT molecular complexity index is 1670. The molecule has 7 nitrogen and oxygen atoms in total. The van der Waals surface area contributed by atoms with Crippen LogP contribution in [0.3, 0.4) is 0 Å². The number of carbonyl (C=O) groups is 1. The van der Waals surface area contributed by atoms with Crippen LogP contribution >= 0.6 is 0 Å². The number of amides is 1. The predicted octanol–water partition coefficient (Wildman–Crippen LogP) is 7.32. The molecule has 10 heteroatoms. The van der Waals surface area contributed by atoms with E-state index in [2.05, 4.69) is 21.7 Å². The molecule has 0 spiro atoms. The molecule has 0 unspecified atom stereocenters. The molecule has 0 radical (unpaired) electrons. The number of benzene rings is 2. The Hall–Kier alpha value is -4.44. The van der Waals surface area contributed by atoms with Crippen LogP contribution in [0.5, 0.6) is 0 Å². The van der Waals surface area contributed by atoms with Crippen molar-refractivity contribution >= 4 is 17.3 Å². The molecule has 2 aromatic carbocycles. The predicted molar refractivity (Wildman–Crippen MR) is 176 cm³/mol. The van der Waals surface area contributed by atoms with Crippen molar-refractivity contribution in [3.8, 4) is 11.1 Å². The zero-order chi connectivity index (χ0) is 33.3. The molecule has 47 heavy (non-hydrogen) atoms. The van der Waals surface area contributed by atoms with Crippen LogP contribution in [0.15, 0.2) is 85.3 Å². The third-order valence-electron chi connectivity index (χ3n) is 9.95. The van der Waals surface area contributed by atoms with Gasteiger partial charge in [0, 0.05) is 61.1 Å². The van der Waals surface area contributed by atoms with E-state index >= 15 is 0 Å². The third-order valence-corrected chi connectivity index (χ3v) is 9.95. The summed E-state index contributed by atoms with van der Waals surface area (Å²) in [6.07, 6.45) is 3.24. The van der Waals surface area contributed by atoms with Gasteiger partial charge >= 0.3 is 6.18 Å². The summed E-state index contributed by atoms with van der Waals surface area (Å²) in [7, 11) is 0. The average Bonchev–Trinajstić information content (AvgIpc) is 3.06. The Morgan fingerprint density at radius 2 is 1.51 bits per heavy atom. The van der Waals surface area contributed by atoms with Gasteiger partial charge in [0.2, 0.25) is 0 Å². The van der Waals surface area contributed by atoms with Crippen LogP contribution in [0.1, 0.15) is 59.8 Å². The summed E-state index contributed by atoms with van der Waals surface area (Å²) in [6.45, 7) is 9.30. The highest BCUT2D eigenvalue weighted by Crippen LogP contribution is 2.37. The molecule has 2 aromatic heterocycles. The maximum atomic E-state index is 13.8. The van der Waals surface area contributed by atoms with Crippen molar-refractivity contribution in [2.45, 2.75) is 64.2 Å². The SMILES string of the molecule is Cc1cc(-c2cc[n+]([O-])cc2)cc(C)c1C(=O)N1CCC(C)(N2CCC(N(c3ccccc3)c3ccc(C(F)(F)F)nc3)CC2)CC1. The first-order valence-electron chi connectivity index (χ1n) is 16.2. The van der Waals surface area contributed by atoms with Gasteiger partial charge in [0.1, 0.15) is 5.69 Å². The molecule has 246 valence electrons. The van der Waals surface area contributed by atoms with Crippen LogP contribution in [-0.4, -0.2) is 58.5 Å². The summed E-state index contributed by atoms with van der Waals surface area (Å²) >= 11 is 0. The van der Waals surface area contributed by atoms with Gasteiger partial charge in [0.05, 0.1) is 11.9 Å². The van der Waals surface area contributed by atoms with Gasteiger partial charge in [-0.25, -0.2) is 4.98 Å². The number of nitrogens with zero attached hydrogens (tertiary/aromatic N) is 5. The van der Waals surface area contributed by atoms with E-state index < -0.39 is 11.9 Å². The summed E-state index contributed by atoms with van der Waals surface area (Å²) in [5, 5.41) is 11.5. The van der Waals surface area contributed by atoms with Crippen molar-refractivity contribution < 1.29 is 22.7 Å². The minimum atomic E-state index is -4.48. The van der Waals surface area contributed by atoms with E-state index in [0.29, 0.717) is 18.8 Å². The first-order chi connectivity index (χ1) is 22.4. The molecule has 2 fully saturated rings. The van der Waals surface area contributed by atoms with Gasteiger partial charge in [-0.05, 0) is 93.0 Å². The van der Waals surface area contributed by atoms with Crippen LogP contribution in [-0.2, 0) is 6.18 Å². The fraction of sp³-hybridized carbons (Fsp3) is 0.378. The Morgan fingerprint density at radius 1 is 0.894 bits per heavy atom. The van der Waals surface area contributed by atoms with Gasteiger partial charge < -0.3 is 15.0 Å². The first-order valence-corrected chi connectivity index (χ1v) is 16.2. The molecule has 1 amide bonds. The topological polar surface area (TPSA) is 66.6 Å². The number of hydrogen-bond donors (Lipinski definition) is 0. The lowest BCUT2D eigenvalue weighted by Crippen LogP contribution is -2.57. The highest BCUT2D eigenvalue weighted by molar-refractivity contribution is 5.98. The number of hydrogen-bond acceptors (Lipinski definition) is 5. The number of aromatic nitrogens is 2. The normalized spacial score (nSPS) is 17.4. The first kappa shape index (κ1) is 32.5. The highest BCUT2D eigenvalue weighted by atomic mass is 19.4. The van der Waals surface area contributed by atoms with E-state index in [1.165, 1.54) is 24.7 Å². The molecule has 2 aliphatic rings. The number of likely N-dealkylation sites (tertiary alicyclic amines) is 2. The molecule has 0 atom stereocenters. The van der Waals surface area contributed by atoms with Crippen molar-refractivity contribution in [2.75, 3.05) is 31.1 Å². The summed E-state index contributed by atoms with van der Waals surface area (Å²) in [5.41, 5.74) is 5.14. The molecule has 2 saturated heterocycles. The van der Waals surface area contributed by atoms with Crippen molar-refractivity contribution in [3.63, 3.8) is 0 Å². The second kappa shape index (κ2) is 13.0. The summed E-state index contributed by atoms with van der Waals surface area (Å²) in [5.74, 6) is 0.0569. The van der Waals surface area contributed by atoms with Crippen LogP contribution in [0.25, 0.3) is 11.1 Å². The molecule has 6 rings (SSSR count). The Labute approximate surface area is 273 Å². The lowest BCUT2D eigenvalue weighted by atomic mass is 9.84. The summed E-state index contributed by atoms with van der Waals surface area (Å²) < 4.78 is 40.4. The zero-order valence-electron chi connectivity index (χ0n) is 27.0. The van der Waals surface area contributed by atoms with Gasteiger partial charge in [-0.15, -0.1) is 0 Å². The molecule has 2 aliphatic heterocycles. The Morgan fingerprint density at radius 3 is 2.06 bits per heavy atom. The number of para-hydroxylation sites is 1. The van der Waals surface area contributed by atoms with Crippen LogP contribution in [0, 0.1) is 19.1 Å². The van der Waals surface area contributed by atoms with Gasteiger partial charge in [-0.2, -0.15) is 17.9 Å². The minimum absolute atomic E-state index is 0.0467. The molecule has 0 saturated carbocycles. The molecule has 0 N–H and O–H groups in total. The standard InChI is InChI=1S/C37H40F3N5O2/c1-26-23-29(28-11-19-44(47)20-12-28)24-27(2)34(26)35(46)42-21-15-36(3,16-22-42)43-17-13-31(14-18-43)45(30-7-5-4-6-8-30)32-9-10-33(41-25-32)37(38,39)40/h4-12,19-20,23-25,31H,13-18,21-22H2,1-3H3. The maximum Gasteiger partial charge on any atom is 0.433 e. The van der Waals surface area contributed by atoms with Crippen molar-refractivity contribution in [1.82, 2.24) is 14.8 Å². The number of rotatable bonds is 6. The number of halogens is 3. The van der Waals surface area contributed by atoms with E-state index in [9.17, 15) is 23.2 Å². The van der Waals surface area contributed by atoms with Gasteiger partial charge in [-0.1, -0.05) is 30.3 Å². The highest BCUT2D eigenvalue weighted by Gasteiger charge is 2.40. The quantitative estimate of drug-likeness (QED) is 0.163. The van der Waals surface area contributed by atoms with Gasteiger partial charge in [-0.3, -0.25) is 9.69 Å². The monoisotopic (exact) mass is 643 g/mol. The van der Waals surface area contributed by atoms with E-state index in [1.807, 2.05) is 61.2 Å². The molecule has 4 aromatic rings. The number of aryl methyl sites for hydroxylation is 2. The molecule has 0 aliphatic carbocycles. The third kappa shape index (κ3) is 6.83. The number of anilines is 2. The fourth-order valence-electron chi connectivity index (χ4n) is 7.26. The summed E-state index contributed by atoms with van der Waals surface area (Å²) in [4.78, 5) is 24.2. The Balaban J connectivity index is 1.11.